The molecular weight excluding hydrogens is 412 g/mol. The van der Waals surface area contributed by atoms with E-state index in [9.17, 15) is 4.39 Å². The van der Waals surface area contributed by atoms with E-state index in [1.165, 1.54) is 12.1 Å². The van der Waals surface area contributed by atoms with Crippen molar-refractivity contribution in [3.05, 3.63) is 30.1 Å². The first-order chi connectivity index (χ1) is 10.7. The summed E-state index contributed by atoms with van der Waals surface area (Å²) >= 11 is 0. The molecule has 1 aliphatic heterocycles. The van der Waals surface area contributed by atoms with Crippen LogP contribution in [0.15, 0.2) is 29.3 Å². The number of rotatable bonds is 6. The van der Waals surface area contributed by atoms with Crippen LogP contribution in [0, 0.1) is 5.82 Å². The van der Waals surface area contributed by atoms with E-state index in [-0.39, 0.29) is 42.0 Å². The molecule has 7 heteroatoms. The van der Waals surface area contributed by atoms with Crippen LogP contribution in [0.4, 0.5) is 4.39 Å². The predicted octanol–water partition coefficient (Wildman–Crippen LogP) is 2.56. The Bertz CT molecular complexity index is 496. The zero-order valence-corrected chi connectivity index (χ0v) is 15.9. The first-order valence-corrected chi connectivity index (χ1v) is 7.65. The smallest absolute Gasteiger partial charge is 0.191 e. The van der Waals surface area contributed by atoms with E-state index in [2.05, 4.69) is 15.6 Å². The number of aliphatic imine (C=N–C) groups is 1. The largest absolute Gasteiger partial charge is 0.489 e. The van der Waals surface area contributed by atoms with Crippen LogP contribution in [0.25, 0.3) is 0 Å². The van der Waals surface area contributed by atoms with E-state index in [4.69, 9.17) is 9.47 Å². The third-order valence-corrected chi connectivity index (χ3v) is 3.44. The minimum absolute atomic E-state index is 0. The molecule has 2 rings (SSSR count). The molecule has 1 aromatic carbocycles. The van der Waals surface area contributed by atoms with E-state index in [0.29, 0.717) is 18.3 Å². The molecule has 1 aromatic rings. The second kappa shape index (κ2) is 10.6. The number of hydrogen-bond donors (Lipinski definition) is 2. The topological polar surface area (TPSA) is 54.9 Å². The van der Waals surface area contributed by atoms with Gasteiger partial charge in [0, 0.05) is 26.3 Å². The molecule has 1 saturated heterocycles. The fraction of sp³-hybridized carbons (Fsp3) is 0.562. The monoisotopic (exact) mass is 437 g/mol. The molecule has 0 spiro atoms. The summed E-state index contributed by atoms with van der Waals surface area (Å²) in [7, 11) is 1.73. The van der Waals surface area contributed by atoms with Gasteiger partial charge in [0.15, 0.2) is 5.96 Å². The lowest BCUT2D eigenvalue weighted by molar-refractivity contribution is 0.113. The summed E-state index contributed by atoms with van der Waals surface area (Å²) in [4.78, 5) is 4.17. The first kappa shape index (κ1) is 20.0. The van der Waals surface area contributed by atoms with E-state index in [1.807, 2.05) is 6.92 Å². The lowest BCUT2D eigenvalue weighted by Gasteiger charge is -2.19. The molecule has 1 aliphatic rings. The summed E-state index contributed by atoms with van der Waals surface area (Å²) in [6.45, 7) is 4.09. The zero-order valence-electron chi connectivity index (χ0n) is 13.5. The Balaban J connectivity index is 0.00000264. The standard InChI is InChI=1S/C16H24FN3O2.HI/c1-12(22-14-6-3-5-13(17)9-14)10-19-16(18-2)20-11-15-7-4-8-21-15;/h3,5-6,9,12,15H,4,7-8,10-11H2,1-2H3,(H2,18,19,20);1H. The highest BCUT2D eigenvalue weighted by atomic mass is 127. The molecule has 130 valence electrons. The molecule has 2 N–H and O–H groups in total. The van der Waals surface area contributed by atoms with Gasteiger partial charge in [-0.3, -0.25) is 4.99 Å². The lowest BCUT2D eigenvalue weighted by Crippen LogP contribution is -2.44. The normalized spacial score (nSPS) is 18.9. The highest BCUT2D eigenvalue weighted by molar-refractivity contribution is 14.0. The maximum absolute atomic E-state index is 13.1. The number of benzene rings is 1. The first-order valence-electron chi connectivity index (χ1n) is 7.65. The van der Waals surface area contributed by atoms with Crippen molar-refractivity contribution in [2.75, 3.05) is 26.7 Å². The molecule has 0 aromatic heterocycles. The van der Waals surface area contributed by atoms with Crippen molar-refractivity contribution in [2.24, 2.45) is 4.99 Å². The van der Waals surface area contributed by atoms with Crippen LogP contribution in [0.5, 0.6) is 5.75 Å². The van der Waals surface area contributed by atoms with Crippen LogP contribution in [-0.4, -0.2) is 44.9 Å². The average Bonchev–Trinajstić information content (AvgIpc) is 3.01. The Labute approximate surface area is 154 Å². The summed E-state index contributed by atoms with van der Waals surface area (Å²) < 4.78 is 24.3. The van der Waals surface area contributed by atoms with Crippen molar-refractivity contribution in [1.82, 2.24) is 10.6 Å². The van der Waals surface area contributed by atoms with Gasteiger partial charge in [-0.1, -0.05) is 6.07 Å². The minimum atomic E-state index is -0.299. The fourth-order valence-corrected chi connectivity index (χ4v) is 2.29. The van der Waals surface area contributed by atoms with Gasteiger partial charge in [0.25, 0.3) is 0 Å². The number of halogens is 2. The van der Waals surface area contributed by atoms with Gasteiger partial charge in [-0.2, -0.15) is 0 Å². The van der Waals surface area contributed by atoms with Gasteiger partial charge in [-0.25, -0.2) is 4.39 Å². The van der Waals surface area contributed by atoms with Crippen molar-refractivity contribution in [3.8, 4) is 5.75 Å². The lowest BCUT2D eigenvalue weighted by atomic mass is 10.2. The van der Waals surface area contributed by atoms with E-state index < -0.39 is 0 Å². The van der Waals surface area contributed by atoms with E-state index in [1.54, 1.807) is 19.2 Å². The SMILES string of the molecule is CN=C(NCC(C)Oc1cccc(F)c1)NCC1CCCO1.I. The third kappa shape index (κ3) is 7.34. The van der Waals surface area contributed by atoms with Crippen LogP contribution in [0.3, 0.4) is 0 Å². The molecule has 0 aliphatic carbocycles. The maximum Gasteiger partial charge on any atom is 0.191 e. The van der Waals surface area contributed by atoms with Crippen molar-refractivity contribution < 1.29 is 13.9 Å². The Kier molecular flexibility index (Phi) is 9.23. The minimum Gasteiger partial charge on any atom is -0.489 e. The Morgan fingerprint density at radius 1 is 1.48 bits per heavy atom. The molecule has 23 heavy (non-hydrogen) atoms. The third-order valence-electron chi connectivity index (χ3n) is 3.44. The second-order valence-corrected chi connectivity index (χ2v) is 5.35. The van der Waals surface area contributed by atoms with Gasteiger partial charge in [-0.15, -0.1) is 24.0 Å². The van der Waals surface area contributed by atoms with Crippen LogP contribution in [0.1, 0.15) is 19.8 Å². The van der Waals surface area contributed by atoms with Crippen LogP contribution in [-0.2, 0) is 4.74 Å². The van der Waals surface area contributed by atoms with Gasteiger partial charge in [0.2, 0.25) is 0 Å². The highest BCUT2D eigenvalue weighted by Gasteiger charge is 2.15. The number of nitrogens with one attached hydrogen (secondary N) is 2. The highest BCUT2D eigenvalue weighted by Crippen LogP contribution is 2.13. The molecular formula is C16H25FIN3O2. The number of guanidine groups is 1. The summed E-state index contributed by atoms with van der Waals surface area (Å²) in [5.74, 6) is 0.938. The second-order valence-electron chi connectivity index (χ2n) is 5.35. The predicted molar refractivity (Wildman–Crippen MR) is 100 cm³/mol. The fourth-order valence-electron chi connectivity index (χ4n) is 2.29. The summed E-state index contributed by atoms with van der Waals surface area (Å²) in [5.41, 5.74) is 0. The van der Waals surface area contributed by atoms with Crippen LogP contribution >= 0.6 is 24.0 Å². The van der Waals surface area contributed by atoms with Crippen molar-refractivity contribution in [2.45, 2.75) is 32.0 Å². The molecule has 0 saturated carbocycles. The molecule has 1 heterocycles. The number of nitrogens with zero attached hydrogens (tertiary/aromatic N) is 1. The molecule has 2 atom stereocenters. The summed E-state index contributed by atoms with van der Waals surface area (Å²) in [5, 5.41) is 6.43. The van der Waals surface area contributed by atoms with Crippen molar-refractivity contribution >= 4 is 29.9 Å². The molecule has 2 unspecified atom stereocenters. The van der Waals surface area contributed by atoms with Crippen LogP contribution < -0.4 is 15.4 Å². The molecule has 1 fully saturated rings. The zero-order chi connectivity index (χ0) is 15.8. The molecule has 0 amide bonds. The van der Waals surface area contributed by atoms with Gasteiger partial charge in [0.05, 0.1) is 12.6 Å². The Hall–Kier alpha value is -1.09. The van der Waals surface area contributed by atoms with Gasteiger partial charge in [-0.05, 0) is 31.9 Å². The van der Waals surface area contributed by atoms with Gasteiger partial charge >= 0.3 is 0 Å². The van der Waals surface area contributed by atoms with Crippen molar-refractivity contribution in [3.63, 3.8) is 0 Å². The van der Waals surface area contributed by atoms with Crippen LogP contribution in [0.2, 0.25) is 0 Å². The quantitative estimate of drug-likeness (QED) is 0.408. The maximum atomic E-state index is 13.1. The number of hydrogen-bond acceptors (Lipinski definition) is 3. The molecule has 0 bridgehead atoms. The number of ether oxygens (including phenoxy) is 2. The van der Waals surface area contributed by atoms with Crippen molar-refractivity contribution in [1.29, 1.82) is 0 Å². The van der Waals surface area contributed by atoms with E-state index in [0.717, 1.165) is 26.0 Å². The summed E-state index contributed by atoms with van der Waals surface area (Å²) in [6.07, 6.45) is 2.36. The van der Waals surface area contributed by atoms with Gasteiger partial charge < -0.3 is 20.1 Å². The van der Waals surface area contributed by atoms with Gasteiger partial charge in [0.1, 0.15) is 17.7 Å². The molecule has 5 nitrogen and oxygen atoms in total. The average molecular weight is 437 g/mol. The van der Waals surface area contributed by atoms with E-state index >= 15 is 0 Å². The molecule has 0 radical (unpaired) electrons. The summed E-state index contributed by atoms with van der Waals surface area (Å²) in [6, 6.07) is 6.14. The Morgan fingerprint density at radius 2 is 2.30 bits per heavy atom. The Morgan fingerprint density at radius 3 is 2.96 bits per heavy atom.